The molecule has 1 saturated carbocycles. The lowest BCUT2D eigenvalue weighted by molar-refractivity contribution is -0.133. The van der Waals surface area contributed by atoms with Gasteiger partial charge in [0.1, 0.15) is 12.1 Å². The molecule has 1 N–H and O–H groups in total. The number of likely N-dealkylation sites (tertiary alicyclic amines) is 1. The predicted octanol–water partition coefficient (Wildman–Crippen LogP) is 3.49. The molecule has 4 rings (SSSR count). The van der Waals surface area contributed by atoms with Crippen molar-refractivity contribution < 1.29 is 4.79 Å². The highest BCUT2D eigenvalue weighted by molar-refractivity contribution is 6.31. The van der Waals surface area contributed by atoms with E-state index in [0.29, 0.717) is 22.3 Å². The van der Waals surface area contributed by atoms with Crippen LogP contribution in [-0.2, 0) is 4.79 Å². The molecule has 1 aromatic heterocycles. The number of benzene rings is 1. The summed E-state index contributed by atoms with van der Waals surface area (Å²) in [6, 6.07) is 5.82. The minimum Gasteiger partial charge on any atom is -0.360 e. The van der Waals surface area contributed by atoms with E-state index in [0.717, 1.165) is 30.3 Å². The molecule has 1 aliphatic heterocycles. The van der Waals surface area contributed by atoms with E-state index in [1.807, 2.05) is 17.0 Å². The van der Waals surface area contributed by atoms with Crippen LogP contribution < -0.4 is 5.32 Å². The average molecular weight is 345 g/mol. The van der Waals surface area contributed by atoms with E-state index < -0.39 is 0 Å². The summed E-state index contributed by atoms with van der Waals surface area (Å²) in [6.07, 6.45) is 6.47. The van der Waals surface area contributed by atoms with E-state index in [1.165, 1.54) is 19.2 Å². The molecule has 2 aromatic rings. The van der Waals surface area contributed by atoms with Gasteiger partial charge in [0.15, 0.2) is 0 Å². The maximum Gasteiger partial charge on any atom is 0.242 e. The number of carbonyl (C=O) groups excluding carboxylic acids is 1. The highest BCUT2D eigenvalue weighted by Gasteiger charge is 2.47. The van der Waals surface area contributed by atoms with Crippen LogP contribution in [0.4, 0.5) is 5.82 Å². The summed E-state index contributed by atoms with van der Waals surface area (Å²) in [5.74, 6) is 0.812. The van der Waals surface area contributed by atoms with Crippen LogP contribution in [-0.4, -0.2) is 39.9 Å². The van der Waals surface area contributed by atoms with Gasteiger partial charge in [-0.25, -0.2) is 9.97 Å². The number of amides is 1. The zero-order chi connectivity index (χ0) is 16.7. The molecular formula is C18H21ClN4O. The van der Waals surface area contributed by atoms with Crippen molar-refractivity contribution in [2.24, 2.45) is 5.41 Å². The summed E-state index contributed by atoms with van der Waals surface area (Å²) in [5, 5.41) is 4.69. The Balaban J connectivity index is 1.44. The molecule has 5 nitrogen and oxygen atoms in total. The van der Waals surface area contributed by atoms with Crippen molar-refractivity contribution in [3.63, 3.8) is 0 Å². The third-order valence-corrected chi connectivity index (χ3v) is 5.66. The molecule has 0 radical (unpaired) electrons. The van der Waals surface area contributed by atoms with Gasteiger partial charge in [-0.1, -0.05) is 11.6 Å². The fourth-order valence-electron chi connectivity index (χ4n) is 3.85. The molecule has 2 aliphatic rings. The Morgan fingerprint density at radius 1 is 1.38 bits per heavy atom. The number of halogens is 1. The molecular weight excluding hydrogens is 324 g/mol. The molecule has 1 spiro atoms. The van der Waals surface area contributed by atoms with E-state index in [1.54, 1.807) is 6.07 Å². The lowest BCUT2D eigenvalue weighted by Crippen LogP contribution is -2.47. The van der Waals surface area contributed by atoms with Crippen molar-refractivity contribution in [2.45, 2.75) is 38.6 Å². The van der Waals surface area contributed by atoms with E-state index in [2.05, 4.69) is 22.2 Å². The maximum absolute atomic E-state index is 12.6. The summed E-state index contributed by atoms with van der Waals surface area (Å²) < 4.78 is 0. The molecule has 1 amide bonds. The Morgan fingerprint density at radius 2 is 2.21 bits per heavy atom. The molecule has 1 aliphatic carbocycles. The van der Waals surface area contributed by atoms with Gasteiger partial charge in [-0.3, -0.25) is 4.79 Å². The molecule has 1 saturated heterocycles. The molecule has 24 heavy (non-hydrogen) atoms. The van der Waals surface area contributed by atoms with Gasteiger partial charge in [0.25, 0.3) is 0 Å². The molecule has 2 fully saturated rings. The van der Waals surface area contributed by atoms with E-state index in [-0.39, 0.29) is 12.5 Å². The molecule has 0 bridgehead atoms. The zero-order valence-corrected chi connectivity index (χ0v) is 14.5. The van der Waals surface area contributed by atoms with Gasteiger partial charge in [-0.15, -0.1) is 0 Å². The van der Waals surface area contributed by atoms with Crippen LogP contribution in [0.2, 0.25) is 5.02 Å². The number of nitrogens with zero attached hydrogens (tertiary/aromatic N) is 3. The minimum absolute atomic E-state index is 0.138. The second-order valence-corrected chi connectivity index (χ2v) is 7.56. The maximum atomic E-state index is 12.6. The van der Waals surface area contributed by atoms with Gasteiger partial charge >= 0.3 is 0 Å². The Hall–Kier alpha value is -1.88. The number of aromatic nitrogens is 2. The third kappa shape index (κ3) is 2.93. The smallest absolute Gasteiger partial charge is 0.242 e. The van der Waals surface area contributed by atoms with Crippen molar-refractivity contribution in [3.05, 3.63) is 29.5 Å². The number of piperidine rings is 1. The van der Waals surface area contributed by atoms with Gasteiger partial charge in [0.2, 0.25) is 5.91 Å². The average Bonchev–Trinajstić information content (AvgIpc) is 3.31. The van der Waals surface area contributed by atoms with Crippen molar-refractivity contribution in [1.29, 1.82) is 0 Å². The molecule has 2 heterocycles. The third-order valence-electron chi connectivity index (χ3n) is 5.43. The van der Waals surface area contributed by atoms with Crippen LogP contribution >= 0.6 is 11.6 Å². The molecule has 1 aromatic carbocycles. The molecule has 6 heteroatoms. The van der Waals surface area contributed by atoms with Crippen LogP contribution in [0, 0.1) is 5.41 Å². The Morgan fingerprint density at radius 3 is 2.96 bits per heavy atom. The summed E-state index contributed by atoms with van der Waals surface area (Å²) in [4.78, 5) is 23.1. The first-order valence-electron chi connectivity index (χ1n) is 8.50. The lowest BCUT2D eigenvalue weighted by atomic mass is 9.88. The highest BCUT2D eigenvalue weighted by atomic mass is 35.5. The number of anilines is 1. The van der Waals surface area contributed by atoms with Crippen molar-refractivity contribution in [2.75, 3.05) is 18.4 Å². The summed E-state index contributed by atoms with van der Waals surface area (Å²) in [5.41, 5.74) is 1.33. The van der Waals surface area contributed by atoms with Crippen LogP contribution in [0.25, 0.3) is 10.9 Å². The van der Waals surface area contributed by atoms with Crippen molar-refractivity contribution in [1.82, 2.24) is 14.9 Å². The van der Waals surface area contributed by atoms with Gasteiger partial charge < -0.3 is 10.2 Å². The number of hydrogen-bond acceptors (Lipinski definition) is 4. The molecule has 1 atom stereocenters. The van der Waals surface area contributed by atoms with E-state index in [9.17, 15) is 4.79 Å². The van der Waals surface area contributed by atoms with Gasteiger partial charge in [0, 0.05) is 23.0 Å². The van der Waals surface area contributed by atoms with Crippen molar-refractivity contribution in [3.8, 4) is 0 Å². The standard InChI is InChI=1S/C18H21ClN4O/c1-12-9-18(4-5-18)6-7-23(12)16(24)10-20-17-14-3-2-13(19)8-15(14)21-11-22-17/h2-3,8,11-12H,4-7,9-10H2,1H3,(H,20,21,22). The van der Waals surface area contributed by atoms with Crippen LogP contribution in [0.1, 0.15) is 32.6 Å². The number of rotatable bonds is 3. The SMILES string of the molecule is CC1CC2(CCN1C(=O)CNc1ncnc3cc(Cl)ccc13)CC2. The Kier molecular flexibility index (Phi) is 3.83. The zero-order valence-electron chi connectivity index (χ0n) is 13.8. The highest BCUT2D eigenvalue weighted by Crippen LogP contribution is 2.55. The quantitative estimate of drug-likeness (QED) is 0.926. The minimum atomic E-state index is 0.138. The van der Waals surface area contributed by atoms with Gasteiger partial charge in [-0.2, -0.15) is 0 Å². The van der Waals surface area contributed by atoms with Gasteiger partial charge in [0.05, 0.1) is 12.1 Å². The lowest BCUT2D eigenvalue weighted by Gasteiger charge is -2.38. The van der Waals surface area contributed by atoms with E-state index >= 15 is 0 Å². The first kappa shape index (κ1) is 15.6. The second kappa shape index (κ2) is 5.88. The number of carbonyl (C=O) groups is 1. The summed E-state index contributed by atoms with van der Waals surface area (Å²) in [7, 11) is 0. The first-order valence-corrected chi connectivity index (χ1v) is 8.88. The monoisotopic (exact) mass is 344 g/mol. The fraction of sp³-hybridized carbons (Fsp3) is 0.500. The molecule has 126 valence electrons. The Bertz CT molecular complexity index is 790. The largest absolute Gasteiger partial charge is 0.360 e. The summed E-state index contributed by atoms with van der Waals surface area (Å²) >= 11 is 6.00. The van der Waals surface area contributed by atoms with Crippen LogP contribution in [0.15, 0.2) is 24.5 Å². The van der Waals surface area contributed by atoms with Crippen molar-refractivity contribution >= 4 is 34.2 Å². The fourth-order valence-corrected chi connectivity index (χ4v) is 4.02. The Labute approximate surface area is 146 Å². The second-order valence-electron chi connectivity index (χ2n) is 7.13. The number of nitrogens with one attached hydrogen (secondary N) is 1. The molecule has 1 unspecified atom stereocenters. The number of hydrogen-bond donors (Lipinski definition) is 1. The topological polar surface area (TPSA) is 58.1 Å². The summed E-state index contributed by atoms with van der Waals surface area (Å²) in [6.45, 7) is 3.30. The van der Waals surface area contributed by atoms with Gasteiger partial charge in [-0.05, 0) is 56.2 Å². The van der Waals surface area contributed by atoms with Crippen LogP contribution in [0.5, 0.6) is 0 Å². The number of fused-ring (bicyclic) bond motifs is 1. The van der Waals surface area contributed by atoms with E-state index in [4.69, 9.17) is 11.6 Å². The predicted molar refractivity (Wildman–Crippen MR) is 95.1 cm³/mol. The van der Waals surface area contributed by atoms with Crippen LogP contribution in [0.3, 0.4) is 0 Å². The normalized spacial score (nSPS) is 21.9. The first-order chi connectivity index (χ1) is 11.6.